The molecule has 0 spiro atoms. The highest BCUT2D eigenvalue weighted by Gasteiger charge is 2.28. The quantitative estimate of drug-likeness (QED) is 0.817. The van der Waals surface area contributed by atoms with Crippen molar-refractivity contribution in [2.45, 2.75) is 46.1 Å². The van der Waals surface area contributed by atoms with E-state index in [1.807, 2.05) is 0 Å². The molecular weight excluding hydrogens is 232 g/mol. The van der Waals surface area contributed by atoms with Crippen molar-refractivity contribution in [1.82, 2.24) is 4.90 Å². The van der Waals surface area contributed by atoms with Gasteiger partial charge in [-0.3, -0.25) is 4.90 Å². The Hall–Kier alpha value is -0.860. The molecule has 0 aliphatic heterocycles. The summed E-state index contributed by atoms with van der Waals surface area (Å²) in [7, 11) is 0. The molecule has 0 saturated carbocycles. The zero-order valence-corrected chi connectivity index (χ0v) is 13.2. The molecule has 0 radical (unpaired) electrons. The highest BCUT2D eigenvalue weighted by molar-refractivity contribution is 5.25. The van der Waals surface area contributed by atoms with Crippen LogP contribution >= 0.6 is 0 Å². The summed E-state index contributed by atoms with van der Waals surface area (Å²) in [6, 6.07) is 11.2. The first-order valence-electron chi connectivity index (χ1n) is 7.38. The summed E-state index contributed by atoms with van der Waals surface area (Å²) in [4.78, 5) is 2.55. The van der Waals surface area contributed by atoms with Crippen LogP contribution in [0.2, 0.25) is 0 Å². The van der Waals surface area contributed by atoms with Gasteiger partial charge in [-0.05, 0) is 25.3 Å². The van der Waals surface area contributed by atoms with E-state index < -0.39 is 0 Å². The third-order valence-electron chi connectivity index (χ3n) is 3.80. The van der Waals surface area contributed by atoms with E-state index in [2.05, 4.69) is 69.9 Å². The average Bonchev–Trinajstić information content (AvgIpc) is 2.38. The fourth-order valence-electron chi connectivity index (χ4n) is 2.49. The maximum absolute atomic E-state index is 6.09. The molecule has 1 rings (SSSR count). The Morgan fingerprint density at radius 1 is 1.11 bits per heavy atom. The van der Waals surface area contributed by atoms with E-state index >= 15 is 0 Å². The molecule has 2 N–H and O–H groups in total. The van der Waals surface area contributed by atoms with Crippen LogP contribution in [0.4, 0.5) is 0 Å². The minimum Gasteiger partial charge on any atom is -0.330 e. The maximum Gasteiger partial charge on any atom is 0.0174 e. The lowest BCUT2D eigenvalue weighted by molar-refractivity contribution is 0.158. The molecule has 0 aliphatic rings. The fourth-order valence-corrected chi connectivity index (χ4v) is 2.49. The molecule has 0 fully saturated rings. The fraction of sp³-hybridized carbons (Fsp3) is 0.647. The van der Waals surface area contributed by atoms with Crippen LogP contribution in [0.15, 0.2) is 30.3 Å². The molecule has 0 bridgehead atoms. The van der Waals surface area contributed by atoms with Gasteiger partial charge in [-0.25, -0.2) is 0 Å². The number of nitrogens with two attached hydrogens (primary N) is 1. The highest BCUT2D eigenvalue weighted by atomic mass is 15.2. The molecule has 0 saturated heterocycles. The Labute approximate surface area is 119 Å². The van der Waals surface area contributed by atoms with E-state index in [4.69, 9.17) is 5.73 Å². The number of benzene rings is 1. The van der Waals surface area contributed by atoms with Crippen molar-refractivity contribution in [3.8, 4) is 0 Å². The predicted octanol–water partition coefficient (Wildman–Crippen LogP) is 3.27. The van der Waals surface area contributed by atoms with Gasteiger partial charge in [0.05, 0.1) is 0 Å². The molecule has 1 aromatic rings. The Morgan fingerprint density at radius 2 is 1.68 bits per heavy atom. The summed E-state index contributed by atoms with van der Waals surface area (Å²) in [6.07, 6.45) is 0. The van der Waals surface area contributed by atoms with Gasteiger partial charge in [0.1, 0.15) is 0 Å². The first-order valence-corrected chi connectivity index (χ1v) is 7.38. The van der Waals surface area contributed by atoms with Gasteiger partial charge in [0, 0.05) is 31.1 Å². The van der Waals surface area contributed by atoms with Crippen LogP contribution in [0.1, 0.15) is 40.2 Å². The lowest BCUT2D eigenvalue weighted by Gasteiger charge is -2.38. The second-order valence-electron chi connectivity index (χ2n) is 6.55. The number of hydrogen-bond donors (Lipinski definition) is 1. The monoisotopic (exact) mass is 262 g/mol. The summed E-state index contributed by atoms with van der Waals surface area (Å²) in [5.74, 6) is 0.681. The second kappa shape index (κ2) is 7.06. The van der Waals surface area contributed by atoms with Crippen LogP contribution in [-0.2, 0) is 5.41 Å². The number of nitrogens with zero attached hydrogens (tertiary/aromatic N) is 1. The lowest BCUT2D eigenvalue weighted by Crippen LogP contribution is -2.47. The Kier molecular flexibility index (Phi) is 6.02. The van der Waals surface area contributed by atoms with Gasteiger partial charge in [0.25, 0.3) is 0 Å². The average molecular weight is 262 g/mol. The van der Waals surface area contributed by atoms with Crippen LogP contribution in [-0.4, -0.2) is 30.6 Å². The standard InChI is InChI=1S/C17H30N2/c1-14(2)11-19(15(3)4)13-17(5,12-18)16-9-7-6-8-10-16/h6-10,14-15H,11-13,18H2,1-5H3. The van der Waals surface area contributed by atoms with Crippen molar-refractivity contribution in [3.05, 3.63) is 35.9 Å². The van der Waals surface area contributed by atoms with Gasteiger partial charge >= 0.3 is 0 Å². The van der Waals surface area contributed by atoms with Gasteiger partial charge < -0.3 is 5.73 Å². The van der Waals surface area contributed by atoms with Crippen LogP contribution in [0.25, 0.3) is 0 Å². The Bertz CT molecular complexity index is 359. The van der Waals surface area contributed by atoms with Crippen molar-refractivity contribution in [3.63, 3.8) is 0 Å². The van der Waals surface area contributed by atoms with E-state index in [0.29, 0.717) is 18.5 Å². The zero-order chi connectivity index (χ0) is 14.5. The first kappa shape index (κ1) is 16.2. The molecular formula is C17H30N2. The van der Waals surface area contributed by atoms with Gasteiger partial charge in [-0.1, -0.05) is 51.1 Å². The minimum absolute atomic E-state index is 0.0282. The molecule has 0 aliphatic carbocycles. The van der Waals surface area contributed by atoms with Gasteiger partial charge in [-0.15, -0.1) is 0 Å². The molecule has 1 aromatic carbocycles. The molecule has 19 heavy (non-hydrogen) atoms. The largest absolute Gasteiger partial charge is 0.330 e. The molecule has 2 nitrogen and oxygen atoms in total. The summed E-state index contributed by atoms with van der Waals surface area (Å²) >= 11 is 0. The molecule has 2 heteroatoms. The lowest BCUT2D eigenvalue weighted by atomic mass is 9.81. The third-order valence-corrected chi connectivity index (χ3v) is 3.80. The molecule has 0 amide bonds. The van der Waals surface area contributed by atoms with Gasteiger partial charge in [-0.2, -0.15) is 0 Å². The van der Waals surface area contributed by atoms with E-state index in [9.17, 15) is 0 Å². The molecule has 108 valence electrons. The summed E-state index contributed by atoms with van der Waals surface area (Å²) < 4.78 is 0. The second-order valence-corrected chi connectivity index (χ2v) is 6.55. The Morgan fingerprint density at radius 3 is 2.11 bits per heavy atom. The molecule has 1 atom stereocenters. The van der Waals surface area contributed by atoms with E-state index in [1.54, 1.807) is 0 Å². The van der Waals surface area contributed by atoms with Crippen LogP contribution in [0.5, 0.6) is 0 Å². The van der Waals surface area contributed by atoms with Gasteiger partial charge in [0.15, 0.2) is 0 Å². The molecule has 0 aromatic heterocycles. The number of hydrogen-bond acceptors (Lipinski definition) is 2. The predicted molar refractivity (Wildman–Crippen MR) is 84.4 cm³/mol. The molecule has 1 unspecified atom stereocenters. The summed E-state index contributed by atoms with van der Waals surface area (Å²) in [6.45, 7) is 14.2. The van der Waals surface area contributed by atoms with Gasteiger partial charge in [0.2, 0.25) is 0 Å². The van der Waals surface area contributed by atoms with Crippen molar-refractivity contribution >= 4 is 0 Å². The van der Waals surface area contributed by atoms with Crippen molar-refractivity contribution in [2.75, 3.05) is 19.6 Å². The van der Waals surface area contributed by atoms with Crippen molar-refractivity contribution < 1.29 is 0 Å². The minimum atomic E-state index is 0.0282. The van der Waals surface area contributed by atoms with E-state index in [1.165, 1.54) is 5.56 Å². The van der Waals surface area contributed by atoms with Crippen molar-refractivity contribution in [2.24, 2.45) is 11.7 Å². The molecule has 0 heterocycles. The summed E-state index contributed by atoms with van der Waals surface area (Å²) in [5, 5.41) is 0. The zero-order valence-electron chi connectivity index (χ0n) is 13.2. The van der Waals surface area contributed by atoms with Crippen LogP contribution < -0.4 is 5.73 Å². The van der Waals surface area contributed by atoms with E-state index in [0.717, 1.165) is 13.1 Å². The Balaban J connectivity index is 2.90. The van der Waals surface area contributed by atoms with Crippen LogP contribution in [0.3, 0.4) is 0 Å². The normalized spacial score (nSPS) is 15.2. The maximum atomic E-state index is 6.09. The van der Waals surface area contributed by atoms with Crippen molar-refractivity contribution in [1.29, 1.82) is 0 Å². The van der Waals surface area contributed by atoms with E-state index in [-0.39, 0.29) is 5.41 Å². The number of rotatable bonds is 7. The highest BCUT2D eigenvalue weighted by Crippen LogP contribution is 2.25. The summed E-state index contributed by atoms with van der Waals surface area (Å²) in [5.41, 5.74) is 7.46. The third kappa shape index (κ3) is 4.63. The van der Waals surface area contributed by atoms with Crippen LogP contribution in [0, 0.1) is 5.92 Å². The smallest absolute Gasteiger partial charge is 0.0174 e. The SMILES string of the molecule is CC(C)CN(CC(C)(CN)c1ccccc1)C(C)C. The first-order chi connectivity index (χ1) is 8.89. The topological polar surface area (TPSA) is 29.3 Å².